The van der Waals surface area contributed by atoms with Crippen molar-refractivity contribution in [3.63, 3.8) is 0 Å². The minimum Gasteiger partial charge on any atom is -0.480 e. The second-order valence-corrected chi connectivity index (χ2v) is 7.06. The average Bonchev–Trinajstić information content (AvgIpc) is 2.24. The molecule has 1 N–H and O–H groups in total. The van der Waals surface area contributed by atoms with Crippen molar-refractivity contribution in [2.75, 3.05) is 6.54 Å². The van der Waals surface area contributed by atoms with Crippen LogP contribution in [-0.2, 0) is 14.8 Å². The molecular weight excluding hydrogens is 292 g/mol. The van der Waals surface area contributed by atoms with E-state index in [0.29, 0.717) is 0 Å². The maximum Gasteiger partial charge on any atom is 0.318 e. The second-order valence-electron chi connectivity index (χ2n) is 4.87. The lowest BCUT2D eigenvalue weighted by Gasteiger charge is -2.33. The van der Waals surface area contributed by atoms with Crippen molar-refractivity contribution in [1.82, 2.24) is 9.29 Å². The van der Waals surface area contributed by atoms with Crippen LogP contribution >= 0.6 is 11.6 Å². The highest BCUT2D eigenvalue weighted by atomic mass is 35.5. The van der Waals surface area contributed by atoms with Gasteiger partial charge in [-0.05, 0) is 32.9 Å². The average molecular weight is 307 g/mol. The topological polar surface area (TPSA) is 87.6 Å². The van der Waals surface area contributed by atoms with Crippen molar-refractivity contribution in [2.24, 2.45) is 0 Å². The standard InChI is InChI=1S/C11H15ClN2O4S/c1-11(2,3)14(7-9(15)16)19(17,18)8-5-4-6-13-10(8)12/h4-6H,7H2,1-3H3,(H,15,16). The zero-order chi connectivity index (χ0) is 14.8. The van der Waals surface area contributed by atoms with Crippen molar-refractivity contribution in [3.8, 4) is 0 Å². The summed E-state index contributed by atoms with van der Waals surface area (Å²) in [5.41, 5.74) is -0.892. The van der Waals surface area contributed by atoms with Gasteiger partial charge in [-0.2, -0.15) is 4.31 Å². The predicted octanol–water partition coefficient (Wildman–Crippen LogP) is 1.61. The monoisotopic (exact) mass is 306 g/mol. The number of pyridine rings is 1. The number of aromatic nitrogens is 1. The summed E-state index contributed by atoms with van der Waals surface area (Å²) < 4.78 is 25.8. The first kappa shape index (κ1) is 15.9. The Balaban J connectivity index is 3.37. The summed E-state index contributed by atoms with van der Waals surface area (Å²) in [4.78, 5) is 14.4. The van der Waals surface area contributed by atoms with Crippen LogP contribution < -0.4 is 0 Å². The quantitative estimate of drug-likeness (QED) is 0.854. The summed E-state index contributed by atoms with van der Waals surface area (Å²) in [5, 5.41) is 8.69. The zero-order valence-corrected chi connectivity index (χ0v) is 12.4. The van der Waals surface area contributed by atoms with Gasteiger partial charge in [0.1, 0.15) is 16.6 Å². The first-order chi connectivity index (χ1) is 8.56. The van der Waals surface area contributed by atoms with Gasteiger partial charge in [-0.1, -0.05) is 11.6 Å². The molecule has 1 heterocycles. The number of hydrogen-bond donors (Lipinski definition) is 1. The number of carboxylic acids is 1. The molecule has 8 heteroatoms. The summed E-state index contributed by atoms with van der Waals surface area (Å²) in [6, 6.07) is 2.73. The smallest absolute Gasteiger partial charge is 0.318 e. The fourth-order valence-electron chi connectivity index (χ4n) is 1.49. The maximum atomic E-state index is 12.5. The number of carboxylic acid groups (broad SMARTS) is 1. The van der Waals surface area contributed by atoms with Crippen molar-refractivity contribution >= 4 is 27.6 Å². The Morgan fingerprint density at radius 1 is 1.47 bits per heavy atom. The lowest BCUT2D eigenvalue weighted by Crippen LogP contribution is -2.48. The van der Waals surface area contributed by atoms with Crippen molar-refractivity contribution in [1.29, 1.82) is 0 Å². The molecule has 0 spiro atoms. The fraction of sp³-hybridized carbons (Fsp3) is 0.455. The molecule has 19 heavy (non-hydrogen) atoms. The van der Waals surface area contributed by atoms with Gasteiger partial charge >= 0.3 is 5.97 Å². The van der Waals surface area contributed by atoms with Crippen LogP contribution in [0.4, 0.5) is 0 Å². The van der Waals surface area contributed by atoms with Crippen molar-refractivity contribution in [3.05, 3.63) is 23.5 Å². The van der Waals surface area contributed by atoms with E-state index in [2.05, 4.69) is 4.98 Å². The van der Waals surface area contributed by atoms with E-state index in [4.69, 9.17) is 16.7 Å². The number of aliphatic carboxylic acids is 1. The molecule has 0 aromatic carbocycles. The molecule has 0 aliphatic carbocycles. The van der Waals surface area contributed by atoms with E-state index in [1.807, 2.05) is 0 Å². The summed E-state index contributed by atoms with van der Waals surface area (Å²) >= 11 is 5.78. The highest BCUT2D eigenvalue weighted by Crippen LogP contribution is 2.27. The molecule has 106 valence electrons. The highest BCUT2D eigenvalue weighted by molar-refractivity contribution is 7.89. The van der Waals surface area contributed by atoms with Gasteiger partial charge < -0.3 is 5.11 Å². The van der Waals surface area contributed by atoms with Crippen molar-refractivity contribution in [2.45, 2.75) is 31.2 Å². The van der Waals surface area contributed by atoms with Gasteiger partial charge in [0.05, 0.1) is 0 Å². The Morgan fingerprint density at radius 2 is 2.05 bits per heavy atom. The molecule has 0 radical (unpaired) electrons. The van der Waals surface area contributed by atoms with E-state index in [-0.39, 0.29) is 10.0 Å². The lowest BCUT2D eigenvalue weighted by atomic mass is 10.1. The third kappa shape index (κ3) is 3.65. The van der Waals surface area contributed by atoms with Crippen molar-refractivity contribution < 1.29 is 18.3 Å². The molecule has 1 aromatic rings. The molecule has 1 aromatic heterocycles. The highest BCUT2D eigenvalue weighted by Gasteiger charge is 2.36. The first-order valence-corrected chi connectivity index (χ1v) is 7.24. The third-order valence-corrected chi connectivity index (χ3v) is 4.88. The molecule has 0 amide bonds. The van der Waals surface area contributed by atoms with E-state index in [1.54, 1.807) is 20.8 Å². The van der Waals surface area contributed by atoms with Gasteiger partial charge in [0.15, 0.2) is 0 Å². The fourth-order valence-corrected chi connectivity index (χ4v) is 3.65. The van der Waals surface area contributed by atoms with Crippen LogP contribution in [0.25, 0.3) is 0 Å². The Labute approximate surface area is 117 Å². The van der Waals surface area contributed by atoms with E-state index < -0.39 is 28.1 Å². The van der Waals surface area contributed by atoms with Crippen LogP contribution in [-0.4, -0.2) is 40.9 Å². The number of nitrogens with zero attached hydrogens (tertiary/aromatic N) is 2. The number of halogens is 1. The molecule has 0 aliphatic rings. The SMILES string of the molecule is CC(C)(C)N(CC(=O)O)S(=O)(=O)c1cccnc1Cl. The molecule has 0 fully saturated rings. The maximum absolute atomic E-state index is 12.5. The Hall–Kier alpha value is -1.18. The number of carbonyl (C=O) groups is 1. The normalized spacial score (nSPS) is 12.7. The van der Waals surface area contributed by atoms with Crippen LogP contribution in [0.15, 0.2) is 23.2 Å². The number of sulfonamides is 1. The Kier molecular flexibility index (Phi) is 4.54. The second kappa shape index (κ2) is 5.44. The summed E-state index contributed by atoms with van der Waals surface area (Å²) in [5.74, 6) is -1.24. The lowest BCUT2D eigenvalue weighted by molar-refractivity contribution is -0.138. The summed E-state index contributed by atoms with van der Waals surface area (Å²) in [6.07, 6.45) is 1.36. The van der Waals surface area contributed by atoms with Gasteiger partial charge in [0.2, 0.25) is 10.0 Å². The minimum absolute atomic E-state index is 0.179. The van der Waals surface area contributed by atoms with Crippen LogP contribution in [0.1, 0.15) is 20.8 Å². The summed E-state index contributed by atoms with van der Waals surface area (Å²) in [6.45, 7) is 4.18. The van der Waals surface area contributed by atoms with Crippen LogP contribution in [0.3, 0.4) is 0 Å². The summed E-state index contributed by atoms with van der Waals surface area (Å²) in [7, 11) is -4.03. The molecule has 0 unspecified atom stereocenters. The van der Waals surface area contributed by atoms with Gasteiger partial charge in [-0.25, -0.2) is 13.4 Å². The van der Waals surface area contributed by atoms with Gasteiger partial charge in [0.25, 0.3) is 0 Å². The van der Waals surface area contributed by atoms with Gasteiger partial charge in [-0.15, -0.1) is 0 Å². The minimum atomic E-state index is -4.03. The molecule has 0 atom stereocenters. The Bertz CT molecular complexity index is 581. The molecule has 1 rings (SSSR count). The molecule has 0 bridgehead atoms. The zero-order valence-electron chi connectivity index (χ0n) is 10.8. The van der Waals surface area contributed by atoms with Gasteiger partial charge in [-0.3, -0.25) is 4.79 Å². The van der Waals surface area contributed by atoms with E-state index in [1.165, 1.54) is 18.3 Å². The largest absolute Gasteiger partial charge is 0.480 e. The van der Waals surface area contributed by atoms with E-state index in [9.17, 15) is 13.2 Å². The molecule has 0 saturated carbocycles. The van der Waals surface area contributed by atoms with Crippen LogP contribution in [0.5, 0.6) is 0 Å². The molecule has 0 aliphatic heterocycles. The predicted molar refractivity (Wildman–Crippen MR) is 70.5 cm³/mol. The van der Waals surface area contributed by atoms with E-state index in [0.717, 1.165) is 4.31 Å². The van der Waals surface area contributed by atoms with Gasteiger partial charge in [0, 0.05) is 11.7 Å². The molecular formula is C11H15ClN2O4S. The molecule has 6 nitrogen and oxygen atoms in total. The van der Waals surface area contributed by atoms with Crippen LogP contribution in [0.2, 0.25) is 5.15 Å². The third-order valence-electron chi connectivity index (χ3n) is 2.32. The molecule has 0 saturated heterocycles. The van der Waals surface area contributed by atoms with E-state index >= 15 is 0 Å². The Morgan fingerprint density at radius 3 is 2.47 bits per heavy atom. The van der Waals surface area contributed by atoms with Crippen LogP contribution in [0, 0.1) is 0 Å². The first-order valence-electron chi connectivity index (χ1n) is 5.42. The number of hydrogen-bond acceptors (Lipinski definition) is 4. The number of rotatable bonds is 4.